The van der Waals surface area contributed by atoms with Crippen LogP contribution in [0.4, 0.5) is 5.69 Å². The van der Waals surface area contributed by atoms with Gasteiger partial charge in [0, 0.05) is 29.8 Å². The summed E-state index contributed by atoms with van der Waals surface area (Å²) in [5.74, 6) is 0.362. The highest BCUT2D eigenvalue weighted by Gasteiger charge is 2.48. The second-order valence-electron chi connectivity index (χ2n) is 8.14. The van der Waals surface area contributed by atoms with E-state index in [4.69, 9.17) is 4.74 Å². The Morgan fingerprint density at radius 1 is 1.32 bits per heavy atom. The topological polar surface area (TPSA) is 48.6 Å². The number of fused-ring (bicyclic) bond motifs is 1. The molecule has 0 spiro atoms. The van der Waals surface area contributed by atoms with E-state index in [0.717, 1.165) is 17.6 Å². The number of amides is 1. The molecule has 1 aromatic carbocycles. The molecule has 0 radical (unpaired) electrons. The number of ether oxygens (including phenoxy) is 1. The van der Waals surface area contributed by atoms with Crippen LogP contribution in [0.15, 0.2) is 24.4 Å². The third-order valence-electron chi connectivity index (χ3n) is 5.71. The van der Waals surface area contributed by atoms with E-state index in [9.17, 15) is 4.79 Å². The summed E-state index contributed by atoms with van der Waals surface area (Å²) in [7, 11) is 2.04. The van der Waals surface area contributed by atoms with E-state index in [-0.39, 0.29) is 23.9 Å². The maximum absolute atomic E-state index is 13.6. The van der Waals surface area contributed by atoms with Gasteiger partial charge in [-0.05, 0) is 43.9 Å². The molecule has 5 nitrogen and oxygen atoms in total. The molecular weight excluding hydrogens is 314 g/mol. The Hall–Kier alpha value is -2.01. The summed E-state index contributed by atoms with van der Waals surface area (Å²) in [5.41, 5.74) is 2.94. The SMILES string of the molecule is CC(C)[C@@H]1C(=O)N2[C@H](COC2(C)C)Cc2c[nH]c3cccc(c23)N1C. The number of nitrogens with zero attached hydrogens (tertiary/aromatic N) is 2. The predicted molar refractivity (Wildman–Crippen MR) is 99.7 cm³/mol. The van der Waals surface area contributed by atoms with Crippen molar-refractivity contribution in [3.8, 4) is 0 Å². The Balaban J connectivity index is 1.95. The molecule has 0 unspecified atom stereocenters. The number of nitrogens with one attached hydrogen (secondary N) is 1. The zero-order valence-corrected chi connectivity index (χ0v) is 15.7. The lowest BCUT2D eigenvalue weighted by Gasteiger charge is -2.40. The van der Waals surface area contributed by atoms with Gasteiger partial charge >= 0.3 is 0 Å². The largest absolute Gasteiger partial charge is 0.362 e. The third kappa shape index (κ3) is 2.36. The lowest BCUT2D eigenvalue weighted by Crippen LogP contribution is -2.57. The Morgan fingerprint density at radius 3 is 2.80 bits per heavy atom. The molecule has 1 N–H and O–H groups in total. The van der Waals surface area contributed by atoms with Gasteiger partial charge in [0.25, 0.3) is 0 Å². The number of aromatic nitrogens is 1. The van der Waals surface area contributed by atoms with Crippen LogP contribution >= 0.6 is 0 Å². The van der Waals surface area contributed by atoms with Gasteiger partial charge in [-0.25, -0.2) is 0 Å². The van der Waals surface area contributed by atoms with Crippen LogP contribution in [0.25, 0.3) is 10.9 Å². The number of likely N-dealkylation sites (N-methyl/N-ethyl adjacent to an activating group) is 1. The molecule has 0 saturated carbocycles. The summed E-state index contributed by atoms with van der Waals surface area (Å²) in [6, 6.07) is 6.15. The standard InChI is InChI=1S/C20H27N3O2/c1-12(2)18-19(24)23-14(11-25-20(23,3)4)9-13-10-21-15-7-6-8-16(17(13)15)22(18)5/h6-8,10,12,14,18,21H,9,11H2,1-5H3/t14-,18+/m0/s1. The van der Waals surface area contributed by atoms with Crippen molar-refractivity contribution in [2.75, 3.05) is 18.6 Å². The number of benzene rings is 1. The molecule has 2 aliphatic rings. The first-order valence-electron chi connectivity index (χ1n) is 9.10. The normalized spacial score (nSPS) is 25.9. The second-order valence-corrected chi connectivity index (χ2v) is 8.14. The lowest BCUT2D eigenvalue weighted by molar-refractivity contribution is -0.148. The van der Waals surface area contributed by atoms with Crippen LogP contribution in [-0.2, 0) is 16.0 Å². The van der Waals surface area contributed by atoms with Crippen molar-refractivity contribution in [3.05, 3.63) is 30.0 Å². The number of anilines is 1. The minimum Gasteiger partial charge on any atom is -0.362 e. The van der Waals surface area contributed by atoms with E-state index < -0.39 is 5.72 Å². The maximum atomic E-state index is 13.6. The van der Waals surface area contributed by atoms with Crippen molar-refractivity contribution >= 4 is 22.5 Å². The molecule has 1 amide bonds. The highest BCUT2D eigenvalue weighted by molar-refractivity contribution is 5.98. The smallest absolute Gasteiger partial charge is 0.248 e. The van der Waals surface area contributed by atoms with Crippen molar-refractivity contribution in [3.63, 3.8) is 0 Å². The van der Waals surface area contributed by atoms with Gasteiger partial charge in [-0.15, -0.1) is 0 Å². The minimum atomic E-state index is -0.568. The van der Waals surface area contributed by atoms with Crippen molar-refractivity contribution in [1.82, 2.24) is 9.88 Å². The molecule has 0 aliphatic carbocycles. The summed E-state index contributed by atoms with van der Waals surface area (Å²) < 4.78 is 6.01. The van der Waals surface area contributed by atoms with Crippen LogP contribution in [0.2, 0.25) is 0 Å². The molecular formula is C20H27N3O2. The van der Waals surface area contributed by atoms with Gasteiger partial charge in [0.15, 0.2) is 0 Å². The molecule has 2 aromatic rings. The molecule has 0 bridgehead atoms. The van der Waals surface area contributed by atoms with E-state index in [2.05, 4.69) is 48.1 Å². The van der Waals surface area contributed by atoms with E-state index in [0.29, 0.717) is 6.61 Å². The van der Waals surface area contributed by atoms with Crippen molar-refractivity contribution in [2.45, 2.75) is 51.9 Å². The Labute approximate surface area is 148 Å². The summed E-state index contributed by atoms with van der Waals surface area (Å²) in [6.45, 7) is 8.82. The van der Waals surface area contributed by atoms with Gasteiger partial charge in [-0.1, -0.05) is 19.9 Å². The molecule has 1 saturated heterocycles. The fourth-order valence-corrected chi connectivity index (χ4v) is 4.61. The van der Waals surface area contributed by atoms with Gasteiger partial charge in [0.2, 0.25) is 5.91 Å². The van der Waals surface area contributed by atoms with Crippen LogP contribution in [0.3, 0.4) is 0 Å². The van der Waals surface area contributed by atoms with Gasteiger partial charge in [0.1, 0.15) is 11.8 Å². The number of H-pyrrole nitrogens is 1. The molecule has 1 aromatic heterocycles. The highest BCUT2D eigenvalue weighted by Crippen LogP contribution is 2.38. The van der Waals surface area contributed by atoms with Gasteiger partial charge in [-0.3, -0.25) is 4.79 Å². The number of hydrogen-bond donors (Lipinski definition) is 1. The van der Waals surface area contributed by atoms with E-state index >= 15 is 0 Å². The fourth-order valence-electron chi connectivity index (χ4n) is 4.61. The fraction of sp³-hybridized carbons (Fsp3) is 0.550. The summed E-state index contributed by atoms with van der Waals surface area (Å²) in [6.07, 6.45) is 2.90. The second kappa shape index (κ2) is 5.49. The van der Waals surface area contributed by atoms with Gasteiger partial charge in [0.05, 0.1) is 12.6 Å². The van der Waals surface area contributed by atoms with Crippen molar-refractivity contribution in [1.29, 1.82) is 0 Å². The number of aromatic amines is 1. The monoisotopic (exact) mass is 341 g/mol. The first-order chi connectivity index (χ1) is 11.8. The number of rotatable bonds is 1. The predicted octanol–water partition coefficient (Wildman–Crippen LogP) is 3.15. The highest BCUT2D eigenvalue weighted by atomic mass is 16.5. The van der Waals surface area contributed by atoms with E-state index in [1.165, 1.54) is 10.9 Å². The minimum absolute atomic E-state index is 0.0716. The average Bonchev–Trinajstić information content (AvgIpc) is 3.08. The quantitative estimate of drug-likeness (QED) is 0.867. The Morgan fingerprint density at radius 2 is 2.08 bits per heavy atom. The number of hydrogen-bond acceptors (Lipinski definition) is 3. The lowest BCUT2D eigenvalue weighted by atomic mass is 9.99. The molecule has 3 heterocycles. The van der Waals surface area contributed by atoms with E-state index in [1.54, 1.807) is 0 Å². The number of carbonyl (C=O) groups is 1. The van der Waals surface area contributed by atoms with Crippen LogP contribution in [0.1, 0.15) is 33.3 Å². The number of carbonyl (C=O) groups excluding carboxylic acids is 1. The average molecular weight is 341 g/mol. The molecule has 1 fully saturated rings. The van der Waals surface area contributed by atoms with Crippen molar-refractivity contribution < 1.29 is 9.53 Å². The summed E-state index contributed by atoms with van der Waals surface area (Å²) in [4.78, 5) is 21.1. The van der Waals surface area contributed by atoms with Crippen LogP contribution in [0, 0.1) is 5.92 Å². The molecule has 25 heavy (non-hydrogen) atoms. The zero-order valence-electron chi connectivity index (χ0n) is 15.7. The summed E-state index contributed by atoms with van der Waals surface area (Å²) in [5, 5.41) is 1.23. The van der Waals surface area contributed by atoms with Crippen LogP contribution < -0.4 is 4.90 Å². The summed E-state index contributed by atoms with van der Waals surface area (Å²) >= 11 is 0. The first kappa shape index (κ1) is 16.5. The zero-order chi connectivity index (χ0) is 17.9. The van der Waals surface area contributed by atoms with Gasteiger partial charge in [-0.2, -0.15) is 0 Å². The maximum Gasteiger partial charge on any atom is 0.248 e. The molecule has 2 atom stereocenters. The molecule has 4 rings (SSSR count). The third-order valence-corrected chi connectivity index (χ3v) is 5.71. The molecule has 2 aliphatic heterocycles. The van der Waals surface area contributed by atoms with Crippen LogP contribution in [0.5, 0.6) is 0 Å². The Bertz CT molecular complexity index is 823. The van der Waals surface area contributed by atoms with Crippen LogP contribution in [-0.4, -0.2) is 47.3 Å². The van der Waals surface area contributed by atoms with Gasteiger partial charge < -0.3 is 19.5 Å². The molecule has 5 heteroatoms. The Kier molecular flexibility index (Phi) is 3.62. The van der Waals surface area contributed by atoms with E-state index in [1.807, 2.05) is 25.8 Å². The molecule has 134 valence electrons. The van der Waals surface area contributed by atoms with Crippen molar-refractivity contribution in [2.24, 2.45) is 5.92 Å². The first-order valence-corrected chi connectivity index (χ1v) is 9.10.